The molecular formula is C13H14O4S. The predicted octanol–water partition coefficient (Wildman–Crippen LogP) is 1.92. The van der Waals surface area contributed by atoms with Gasteiger partial charge in [-0.25, -0.2) is 4.79 Å². The van der Waals surface area contributed by atoms with Gasteiger partial charge in [-0.15, -0.1) is 11.8 Å². The zero-order valence-electron chi connectivity index (χ0n) is 10.0. The van der Waals surface area contributed by atoms with Crippen LogP contribution in [0.4, 0.5) is 0 Å². The summed E-state index contributed by atoms with van der Waals surface area (Å²) in [5.74, 6) is -1.40. The fraction of sp³-hybridized carbons (Fsp3) is 0.385. The largest absolute Gasteiger partial charge is 0.460 e. The lowest BCUT2D eigenvalue weighted by Gasteiger charge is -2.25. The Bertz CT molecular complexity index is 437. The first-order valence-corrected chi connectivity index (χ1v) is 6.64. The standard InChI is InChI=1S/C13H14O4S/c1-2-17-13(15)12(14)9-3-5-10(6-4-9)18-11-7-16-8-11/h3-6,11H,2,7-8H2,1H3. The highest BCUT2D eigenvalue weighted by atomic mass is 32.2. The molecule has 1 aromatic rings. The number of carbonyl (C=O) groups excluding carboxylic acids is 2. The minimum Gasteiger partial charge on any atom is -0.460 e. The molecule has 0 spiro atoms. The van der Waals surface area contributed by atoms with E-state index < -0.39 is 11.8 Å². The molecule has 0 radical (unpaired) electrons. The lowest BCUT2D eigenvalue weighted by Crippen LogP contribution is -2.30. The topological polar surface area (TPSA) is 52.6 Å². The van der Waals surface area contributed by atoms with Crippen molar-refractivity contribution in [1.82, 2.24) is 0 Å². The van der Waals surface area contributed by atoms with Gasteiger partial charge in [-0.2, -0.15) is 0 Å². The average molecular weight is 266 g/mol. The summed E-state index contributed by atoms with van der Waals surface area (Å²) in [6, 6.07) is 6.99. The SMILES string of the molecule is CCOC(=O)C(=O)c1ccc(SC2COC2)cc1. The molecule has 1 fully saturated rings. The first-order chi connectivity index (χ1) is 8.70. The Morgan fingerprint density at radius 1 is 1.33 bits per heavy atom. The van der Waals surface area contributed by atoms with Crippen molar-refractivity contribution >= 4 is 23.5 Å². The Balaban J connectivity index is 1.97. The second-order valence-corrected chi connectivity index (χ2v) is 5.23. The molecule has 0 N–H and O–H groups in total. The summed E-state index contributed by atoms with van der Waals surface area (Å²) >= 11 is 1.72. The van der Waals surface area contributed by atoms with E-state index in [0.29, 0.717) is 10.8 Å². The molecule has 1 aliphatic heterocycles. The van der Waals surface area contributed by atoms with Crippen molar-refractivity contribution in [3.05, 3.63) is 29.8 Å². The van der Waals surface area contributed by atoms with E-state index in [1.165, 1.54) is 0 Å². The van der Waals surface area contributed by atoms with Gasteiger partial charge in [0, 0.05) is 10.5 Å². The van der Waals surface area contributed by atoms with Gasteiger partial charge in [0.1, 0.15) is 0 Å². The number of ketones is 1. The summed E-state index contributed by atoms with van der Waals surface area (Å²) in [5, 5.41) is 0.497. The van der Waals surface area contributed by atoms with Crippen molar-refractivity contribution in [1.29, 1.82) is 0 Å². The van der Waals surface area contributed by atoms with Crippen molar-refractivity contribution in [3.63, 3.8) is 0 Å². The number of hydrogen-bond acceptors (Lipinski definition) is 5. The van der Waals surface area contributed by atoms with Gasteiger partial charge in [-0.1, -0.05) is 0 Å². The molecule has 5 heteroatoms. The van der Waals surface area contributed by atoms with Gasteiger partial charge in [0.2, 0.25) is 0 Å². The van der Waals surface area contributed by atoms with E-state index in [0.717, 1.165) is 18.1 Å². The highest BCUT2D eigenvalue weighted by molar-refractivity contribution is 8.00. The molecule has 1 heterocycles. The fourth-order valence-corrected chi connectivity index (χ4v) is 2.48. The summed E-state index contributed by atoms with van der Waals surface area (Å²) in [6.07, 6.45) is 0. The maximum atomic E-state index is 11.6. The van der Waals surface area contributed by atoms with Crippen LogP contribution in [-0.2, 0) is 14.3 Å². The van der Waals surface area contributed by atoms with Crippen molar-refractivity contribution in [3.8, 4) is 0 Å². The van der Waals surface area contributed by atoms with Gasteiger partial charge in [0.25, 0.3) is 5.78 Å². The van der Waals surface area contributed by atoms with E-state index in [4.69, 9.17) is 4.74 Å². The molecule has 0 unspecified atom stereocenters. The van der Waals surface area contributed by atoms with E-state index in [2.05, 4.69) is 4.74 Å². The van der Waals surface area contributed by atoms with Crippen LogP contribution in [0.25, 0.3) is 0 Å². The second kappa shape index (κ2) is 6.02. The molecule has 0 saturated carbocycles. The third kappa shape index (κ3) is 3.11. The predicted molar refractivity (Wildman–Crippen MR) is 67.9 cm³/mol. The van der Waals surface area contributed by atoms with Gasteiger partial charge in [0.05, 0.1) is 25.1 Å². The Kier molecular flexibility index (Phi) is 4.38. The number of hydrogen-bond donors (Lipinski definition) is 0. The third-order valence-electron chi connectivity index (χ3n) is 2.49. The van der Waals surface area contributed by atoms with E-state index in [9.17, 15) is 9.59 Å². The smallest absolute Gasteiger partial charge is 0.379 e. The zero-order valence-corrected chi connectivity index (χ0v) is 10.9. The molecule has 4 nitrogen and oxygen atoms in total. The van der Waals surface area contributed by atoms with Gasteiger partial charge < -0.3 is 9.47 Å². The molecule has 2 rings (SSSR count). The summed E-state index contributed by atoms with van der Waals surface area (Å²) in [6.45, 7) is 3.42. The lowest BCUT2D eigenvalue weighted by molar-refractivity contribution is -0.137. The maximum Gasteiger partial charge on any atom is 0.379 e. The van der Waals surface area contributed by atoms with E-state index >= 15 is 0 Å². The summed E-state index contributed by atoms with van der Waals surface area (Å²) in [4.78, 5) is 24.0. The molecule has 96 valence electrons. The average Bonchev–Trinajstić information content (AvgIpc) is 2.34. The molecule has 0 atom stereocenters. The van der Waals surface area contributed by atoms with Gasteiger partial charge in [-0.05, 0) is 31.2 Å². The van der Waals surface area contributed by atoms with Crippen LogP contribution in [0, 0.1) is 0 Å². The normalized spacial score (nSPS) is 14.9. The number of esters is 1. The van der Waals surface area contributed by atoms with Crippen LogP contribution < -0.4 is 0 Å². The third-order valence-corrected chi connectivity index (χ3v) is 3.64. The minimum atomic E-state index is -0.801. The Morgan fingerprint density at radius 3 is 2.50 bits per heavy atom. The second-order valence-electron chi connectivity index (χ2n) is 3.85. The Hall–Kier alpha value is -1.33. The highest BCUT2D eigenvalue weighted by Crippen LogP contribution is 2.28. The first kappa shape index (κ1) is 13.1. The quantitative estimate of drug-likeness (QED) is 0.463. The Labute approximate surface area is 110 Å². The zero-order chi connectivity index (χ0) is 13.0. The fourth-order valence-electron chi connectivity index (χ4n) is 1.47. The van der Waals surface area contributed by atoms with Crippen LogP contribution in [0.2, 0.25) is 0 Å². The van der Waals surface area contributed by atoms with E-state index in [1.807, 2.05) is 12.1 Å². The van der Waals surface area contributed by atoms with Crippen LogP contribution in [0.1, 0.15) is 17.3 Å². The number of rotatable bonds is 5. The molecule has 18 heavy (non-hydrogen) atoms. The first-order valence-electron chi connectivity index (χ1n) is 5.76. The molecular weight excluding hydrogens is 252 g/mol. The number of ether oxygens (including phenoxy) is 2. The Morgan fingerprint density at radius 2 is 2.00 bits per heavy atom. The molecule has 1 aromatic carbocycles. The molecule has 0 aromatic heterocycles. The molecule has 1 aliphatic rings. The lowest BCUT2D eigenvalue weighted by atomic mass is 10.1. The number of thioether (sulfide) groups is 1. The number of benzene rings is 1. The monoisotopic (exact) mass is 266 g/mol. The number of carbonyl (C=O) groups is 2. The highest BCUT2D eigenvalue weighted by Gasteiger charge is 2.20. The molecule has 0 amide bonds. The van der Waals surface area contributed by atoms with Crippen LogP contribution in [-0.4, -0.2) is 36.8 Å². The van der Waals surface area contributed by atoms with E-state index in [-0.39, 0.29) is 6.61 Å². The van der Waals surface area contributed by atoms with Gasteiger partial charge in [-0.3, -0.25) is 4.79 Å². The van der Waals surface area contributed by atoms with Crippen LogP contribution in [0.3, 0.4) is 0 Å². The molecule has 1 saturated heterocycles. The number of Topliss-reactive ketones (excluding diaryl/α,β-unsaturated/α-hetero) is 1. The van der Waals surface area contributed by atoms with E-state index in [1.54, 1.807) is 30.8 Å². The van der Waals surface area contributed by atoms with Crippen molar-refractivity contribution in [2.24, 2.45) is 0 Å². The van der Waals surface area contributed by atoms with Gasteiger partial charge in [0.15, 0.2) is 0 Å². The van der Waals surface area contributed by atoms with Crippen molar-refractivity contribution in [2.75, 3.05) is 19.8 Å². The molecule has 0 aliphatic carbocycles. The van der Waals surface area contributed by atoms with Crippen molar-refractivity contribution in [2.45, 2.75) is 17.1 Å². The van der Waals surface area contributed by atoms with Gasteiger partial charge >= 0.3 is 5.97 Å². The maximum absolute atomic E-state index is 11.6. The molecule has 0 bridgehead atoms. The minimum absolute atomic E-state index is 0.209. The van der Waals surface area contributed by atoms with Crippen LogP contribution >= 0.6 is 11.8 Å². The van der Waals surface area contributed by atoms with Crippen LogP contribution in [0.15, 0.2) is 29.2 Å². The van der Waals surface area contributed by atoms with Crippen molar-refractivity contribution < 1.29 is 19.1 Å². The summed E-state index contributed by atoms with van der Waals surface area (Å²) < 4.78 is 9.76. The van der Waals surface area contributed by atoms with Crippen LogP contribution in [0.5, 0.6) is 0 Å². The summed E-state index contributed by atoms with van der Waals surface area (Å²) in [5.41, 5.74) is 0.364. The summed E-state index contributed by atoms with van der Waals surface area (Å²) in [7, 11) is 0.